The molecule has 1 amide bonds. The molecule has 2 aromatic carbocycles. The summed E-state index contributed by atoms with van der Waals surface area (Å²) in [5.41, 5.74) is 2.82. The lowest BCUT2D eigenvalue weighted by Gasteiger charge is -2.31. The molecule has 1 aliphatic carbocycles. The van der Waals surface area contributed by atoms with Crippen molar-refractivity contribution in [1.82, 2.24) is 0 Å². The van der Waals surface area contributed by atoms with Crippen molar-refractivity contribution in [1.29, 1.82) is 5.26 Å². The van der Waals surface area contributed by atoms with Crippen molar-refractivity contribution < 1.29 is 9.53 Å². The molecular formula is C23H23N3O2. The van der Waals surface area contributed by atoms with E-state index in [0.29, 0.717) is 11.3 Å². The molecule has 1 aliphatic heterocycles. The zero-order valence-electron chi connectivity index (χ0n) is 15.9. The SMILES string of the molecule is COc1cccc(C2(C(=O)Nc3ccc(C#N)cc3)CC2)c1N1CC=CCC1. The first-order valence-corrected chi connectivity index (χ1v) is 9.57. The van der Waals surface area contributed by atoms with Gasteiger partial charge in [-0.25, -0.2) is 0 Å². The van der Waals surface area contributed by atoms with Crippen LogP contribution in [0.5, 0.6) is 5.75 Å². The monoisotopic (exact) mass is 373 g/mol. The molecule has 2 aromatic rings. The normalized spacial score (nSPS) is 16.9. The van der Waals surface area contributed by atoms with Crippen LogP contribution in [0.25, 0.3) is 0 Å². The fourth-order valence-corrected chi connectivity index (χ4v) is 3.87. The molecule has 5 heteroatoms. The number of carbonyl (C=O) groups is 1. The van der Waals surface area contributed by atoms with Crippen LogP contribution in [0.2, 0.25) is 0 Å². The van der Waals surface area contributed by atoms with Crippen LogP contribution < -0.4 is 15.0 Å². The number of amides is 1. The van der Waals surface area contributed by atoms with Gasteiger partial charge in [-0.15, -0.1) is 0 Å². The van der Waals surface area contributed by atoms with Gasteiger partial charge < -0.3 is 15.0 Å². The quantitative estimate of drug-likeness (QED) is 0.805. The highest BCUT2D eigenvalue weighted by atomic mass is 16.5. The van der Waals surface area contributed by atoms with Gasteiger partial charge in [0.05, 0.1) is 29.8 Å². The Morgan fingerprint density at radius 2 is 1.96 bits per heavy atom. The number of hydrogen-bond donors (Lipinski definition) is 1. The predicted molar refractivity (Wildman–Crippen MR) is 110 cm³/mol. The number of benzene rings is 2. The van der Waals surface area contributed by atoms with E-state index >= 15 is 0 Å². The van der Waals surface area contributed by atoms with Crippen LogP contribution in [0.3, 0.4) is 0 Å². The van der Waals surface area contributed by atoms with Crippen LogP contribution in [0, 0.1) is 11.3 Å². The molecule has 0 unspecified atom stereocenters. The summed E-state index contributed by atoms with van der Waals surface area (Å²) in [7, 11) is 1.68. The third-order valence-electron chi connectivity index (χ3n) is 5.57. The van der Waals surface area contributed by atoms with Gasteiger partial charge in [0.1, 0.15) is 5.75 Å². The predicted octanol–water partition coefficient (Wildman–Crippen LogP) is 4.00. The summed E-state index contributed by atoms with van der Waals surface area (Å²) in [6, 6.07) is 15.1. The zero-order valence-corrected chi connectivity index (χ0v) is 15.9. The highest BCUT2D eigenvalue weighted by molar-refractivity contribution is 6.02. The molecule has 0 aromatic heterocycles. The third kappa shape index (κ3) is 3.22. The average molecular weight is 373 g/mol. The van der Waals surface area contributed by atoms with Gasteiger partial charge in [-0.3, -0.25) is 4.79 Å². The molecule has 0 spiro atoms. The molecule has 28 heavy (non-hydrogen) atoms. The van der Waals surface area contributed by atoms with Crippen molar-refractivity contribution in [2.24, 2.45) is 0 Å². The zero-order chi connectivity index (χ0) is 19.6. The second-order valence-corrected chi connectivity index (χ2v) is 7.29. The van der Waals surface area contributed by atoms with E-state index in [0.717, 1.165) is 49.4 Å². The summed E-state index contributed by atoms with van der Waals surface area (Å²) in [5.74, 6) is 0.810. The Hall–Kier alpha value is -3.26. The smallest absolute Gasteiger partial charge is 0.235 e. The molecule has 2 aliphatic rings. The number of rotatable bonds is 5. The number of para-hydroxylation sites is 1. The Kier molecular flexibility index (Phi) is 4.79. The van der Waals surface area contributed by atoms with E-state index in [1.54, 1.807) is 31.4 Å². The minimum Gasteiger partial charge on any atom is -0.495 e. The van der Waals surface area contributed by atoms with Crippen LogP contribution in [0.1, 0.15) is 30.4 Å². The topological polar surface area (TPSA) is 65.4 Å². The van der Waals surface area contributed by atoms with Gasteiger partial charge in [-0.1, -0.05) is 24.3 Å². The van der Waals surface area contributed by atoms with Gasteiger partial charge >= 0.3 is 0 Å². The molecule has 1 N–H and O–H groups in total. The molecule has 1 saturated carbocycles. The van der Waals surface area contributed by atoms with Crippen LogP contribution in [0.15, 0.2) is 54.6 Å². The largest absolute Gasteiger partial charge is 0.495 e. The van der Waals surface area contributed by atoms with Crippen molar-refractivity contribution in [3.63, 3.8) is 0 Å². The van der Waals surface area contributed by atoms with Crippen molar-refractivity contribution >= 4 is 17.3 Å². The number of anilines is 2. The first kappa shape index (κ1) is 18.1. The van der Waals surface area contributed by atoms with Gasteiger partial charge in [-0.05, 0) is 55.2 Å². The molecule has 142 valence electrons. The van der Waals surface area contributed by atoms with Gasteiger partial charge in [0.15, 0.2) is 0 Å². The summed E-state index contributed by atoms with van der Waals surface area (Å²) < 4.78 is 5.66. The van der Waals surface area contributed by atoms with E-state index < -0.39 is 5.41 Å². The molecule has 0 saturated heterocycles. The van der Waals surface area contributed by atoms with Crippen LogP contribution >= 0.6 is 0 Å². The summed E-state index contributed by atoms with van der Waals surface area (Å²) >= 11 is 0. The maximum Gasteiger partial charge on any atom is 0.235 e. The minimum absolute atomic E-state index is 0.000683. The molecule has 0 atom stereocenters. The van der Waals surface area contributed by atoms with Crippen molar-refractivity contribution in [2.75, 3.05) is 30.4 Å². The lowest BCUT2D eigenvalue weighted by atomic mass is 9.91. The van der Waals surface area contributed by atoms with Crippen molar-refractivity contribution in [2.45, 2.75) is 24.7 Å². The number of nitriles is 1. The number of carbonyl (C=O) groups excluding carboxylic acids is 1. The standard InChI is InChI=1S/C23H23N3O2/c1-28-20-7-5-6-19(21(20)26-14-3-2-4-15-26)23(12-13-23)22(27)25-18-10-8-17(16-24)9-11-18/h2-3,5-11H,4,12-15H2,1H3,(H,25,27). The van der Waals surface area contributed by atoms with E-state index in [-0.39, 0.29) is 5.91 Å². The highest BCUT2D eigenvalue weighted by Crippen LogP contribution is 2.54. The number of nitrogens with one attached hydrogen (secondary N) is 1. The maximum atomic E-state index is 13.2. The first-order chi connectivity index (χ1) is 13.7. The molecular weight excluding hydrogens is 350 g/mol. The second kappa shape index (κ2) is 7.40. The Labute approximate surface area is 165 Å². The number of nitrogens with zero attached hydrogens (tertiary/aromatic N) is 2. The number of methoxy groups -OCH3 is 1. The summed E-state index contributed by atoms with van der Waals surface area (Å²) in [6.45, 7) is 1.73. The van der Waals surface area contributed by atoms with Crippen molar-refractivity contribution in [3.05, 3.63) is 65.7 Å². The van der Waals surface area contributed by atoms with Gasteiger partial charge in [0, 0.05) is 18.8 Å². The van der Waals surface area contributed by atoms with Crippen molar-refractivity contribution in [3.8, 4) is 11.8 Å². The summed E-state index contributed by atoms with van der Waals surface area (Å²) in [5, 5.41) is 12.0. The van der Waals surface area contributed by atoms with Crippen LogP contribution in [-0.2, 0) is 10.2 Å². The van der Waals surface area contributed by atoms with E-state index in [4.69, 9.17) is 10.00 Å². The third-order valence-corrected chi connectivity index (χ3v) is 5.57. The van der Waals surface area contributed by atoms with E-state index in [9.17, 15) is 4.79 Å². The fraction of sp³-hybridized carbons (Fsp3) is 0.304. The van der Waals surface area contributed by atoms with E-state index in [1.807, 2.05) is 12.1 Å². The highest BCUT2D eigenvalue weighted by Gasteiger charge is 2.53. The average Bonchev–Trinajstić information content (AvgIpc) is 3.56. The lowest BCUT2D eigenvalue weighted by molar-refractivity contribution is -0.118. The fourth-order valence-electron chi connectivity index (χ4n) is 3.87. The molecule has 4 rings (SSSR count). The Morgan fingerprint density at radius 1 is 1.18 bits per heavy atom. The maximum absolute atomic E-state index is 13.2. The first-order valence-electron chi connectivity index (χ1n) is 9.57. The minimum atomic E-state index is -0.529. The van der Waals surface area contributed by atoms with Gasteiger partial charge in [0.2, 0.25) is 5.91 Å². The van der Waals surface area contributed by atoms with Gasteiger partial charge in [-0.2, -0.15) is 5.26 Å². The second-order valence-electron chi connectivity index (χ2n) is 7.29. The Balaban J connectivity index is 1.66. The molecule has 5 nitrogen and oxygen atoms in total. The van der Waals surface area contributed by atoms with E-state index in [2.05, 4.69) is 34.5 Å². The Bertz CT molecular complexity index is 953. The van der Waals surface area contributed by atoms with E-state index in [1.165, 1.54) is 0 Å². The van der Waals surface area contributed by atoms with Crippen LogP contribution in [0.4, 0.5) is 11.4 Å². The Morgan fingerprint density at radius 3 is 2.57 bits per heavy atom. The molecule has 0 radical (unpaired) electrons. The van der Waals surface area contributed by atoms with Gasteiger partial charge in [0.25, 0.3) is 0 Å². The number of hydrogen-bond acceptors (Lipinski definition) is 4. The molecule has 0 bridgehead atoms. The number of ether oxygens (including phenoxy) is 1. The van der Waals surface area contributed by atoms with Crippen LogP contribution in [-0.4, -0.2) is 26.1 Å². The lowest BCUT2D eigenvalue weighted by Crippen LogP contribution is -2.33. The molecule has 1 heterocycles. The summed E-state index contributed by atoms with van der Waals surface area (Å²) in [6.07, 6.45) is 6.98. The molecule has 1 fully saturated rings. The summed E-state index contributed by atoms with van der Waals surface area (Å²) in [4.78, 5) is 15.5.